The highest BCUT2D eigenvalue weighted by molar-refractivity contribution is 6.84. The van der Waals surface area contributed by atoms with Crippen LogP contribution < -0.4 is 4.74 Å². The van der Waals surface area contributed by atoms with Gasteiger partial charge in [-0.2, -0.15) is 0 Å². The van der Waals surface area contributed by atoms with Gasteiger partial charge in [-0.1, -0.05) is 88.0 Å². The van der Waals surface area contributed by atoms with Gasteiger partial charge in [-0.3, -0.25) is 0 Å². The predicted octanol–water partition coefficient (Wildman–Crippen LogP) is 7.18. The van der Waals surface area contributed by atoms with E-state index in [0.29, 0.717) is 12.5 Å². The number of benzene rings is 1. The van der Waals surface area contributed by atoms with Crippen molar-refractivity contribution < 1.29 is 4.74 Å². The Bertz CT molecular complexity index is 787. The van der Waals surface area contributed by atoms with E-state index >= 15 is 0 Å². The molecule has 0 aromatic heterocycles. The second-order valence-electron chi connectivity index (χ2n) is 9.77. The maximum atomic E-state index is 6.23. The fourth-order valence-corrected chi connectivity index (χ4v) is 8.67. The third-order valence-electron chi connectivity index (χ3n) is 6.25. The highest BCUT2D eigenvalue weighted by Gasteiger charge is 2.37. The summed E-state index contributed by atoms with van der Waals surface area (Å²) in [5.41, 5.74) is 7.30. The molecule has 0 spiro atoms. The Morgan fingerprint density at radius 1 is 1.11 bits per heavy atom. The van der Waals surface area contributed by atoms with E-state index in [1.807, 2.05) is 6.08 Å². The predicted molar refractivity (Wildman–Crippen MR) is 122 cm³/mol. The molecule has 0 N–H and O–H groups in total. The monoisotopic (exact) mass is 382 g/mol. The van der Waals surface area contributed by atoms with Crippen LogP contribution in [0.15, 0.2) is 52.8 Å². The van der Waals surface area contributed by atoms with Crippen molar-refractivity contribution in [1.29, 1.82) is 0 Å². The molecule has 0 radical (unpaired) electrons. The molecule has 0 bridgehead atoms. The van der Waals surface area contributed by atoms with Crippen LogP contribution in [0.25, 0.3) is 0 Å². The molecule has 0 fully saturated rings. The molecule has 1 aliphatic carbocycles. The second-order valence-corrected chi connectivity index (χ2v) is 14.4. The van der Waals surface area contributed by atoms with Crippen molar-refractivity contribution in [1.82, 2.24) is 0 Å². The SMILES string of the molecule is C=CCOc1c(C[Si](C)(C)C2=C(C)C(C)=C(C)C2C)cccc1C(C)(C)C. The van der Waals surface area contributed by atoms with Gasteiger partial charge in [-0.15, -0.1) is 0 Å². The first-order chi connectivity index (χ1) is 12.4. The van der Waals surface area contributed by atoms with Crippen molar-refractivity contribution in [2.75, 3.05) is 6.61 Å². The van der Waals surface area contributed by atoms with Gasteiger partial charge in [0.1, 0.15) is 12.4 Å². The number of allylic oxidation sites excluding steroid dienone is 4. The average molecular weight is 383 g/mol. The minimum Gasteiger partial charge on any atom is -0.489 e. The van der Waals surface area contributed by atoms with E-state index in [1.54, 1.807) is 10.8 Å². The van der Waals surface area contributed by atoms with Crippen LogP contribution in [0.2, 0.25) is 13.1 Å². The van der Waals surface area contributed by atoms with E-state index in [4.69, 9.17) is 4.74 Å². The summed E-state index contributed by atoms with van der Waals surface area (Å²) in [4.78, 5) is 0. The van der Waals surface area contributed by atoms with Crippen LogP contribution in [0, 0.1) is 5.92 Å². The first-order valence-electron chi connectivity index (χ1n) is 10.2. The van der Waals surface area contributed by atoms with Crippen LogP contribution in [-0.4, -0.2) is 14.7 Å². The van der Waals surface area contributed by atoms with Crippen molar-refractivity contribution >= 4 is 8.07 Å². The number of hydrogen-bond donors (Lipinski definition) is 0. The molecule has 2 heteroatoms. The Balaban J connectivity index is 2.49. The molecule has 1 unspecified atom stereocenters. The number of para-hydroxylation sites is 1. The van der Waals surface area contributed by atoms with E-state index in [0.717, 1.165) is 11.8 Å². The molecule has 1 nitrogen and oxygen atoms in total. The topological polar surface area (TPSA) is 9.23 Å². The quantitative estimate of drug-likeness (QED) is 0.374. The second kappa shape index (κ2) is 7.83. The lowest BCUT2D eigenvalue weighted by atomic mass is 9.85. The minimum absolute atomic E-state index is 0.0583. The van der Waals surface area contributed by atoms with Crippen molar-refractivity contribution in [3.63, 3.8) is 0 Å². The van der Waals surface area contributed by atoms with Crippen LogP contribution >= 0.6 is 0 Å². The zero-order valence-electron chi connectivity index (χ0n) is 18.9. The van der Waals surface area contributed by atoms with Crippen molar-refractivity contribution in [3.8, 4) is 5.75 Å². The van der Waals surface area contributed by atoms with Crippen molar-refractivity contribution in [2.45, 2.75) is 73.0 Å². The van der Waals surface area contributed by atoms with Gasteiger partial charge in [0.05, 0.1) is 8.07 Å². The van der Waals surface area contributed by atoms with E-state index < -0.39 is 8.07 Å². The minimum atomic E-state index is -1.64. The number of ether oxygens (including phenoxy) is 1. The smallest absolute Gasteiger partial charge is 0.126 e. The fraction of sp³-hybridized carbons (Fsp3) is 0.520. The summed E-state index contributed by atoms with van der Waals surface area (Å²) in [6, 6.07) is 7.80. The zero-order chi connectivity index (χ0) is 20.6. The van der Waals surface area contributed by atoms with Gasteiger partial charge in [0, 0.05) is 0 Å². The van der Waals surface area contributed by atoms with Gasteiger partial charge in [0.25, 0.3) is 0 Å². The summed E-state index contributed by atoms with van der Waals surface area (Å²) in [5.74, 6) is 1.66. The standard InChI is InChI=1S/C25H38OSi/c1-11-15-26-23-21(13-12-14-22(23)25(6,7)8)16-27(9,10)24-19(4)17(2)18(3)20(24)5/h11-14,19H,1,15-16H2,2-10H3. The van der Waals surface area contributed by atoms with Crippen LogP contribution in [0.5, 0.6) is 5.75 Å². The summed E-state index contributed by atoms with van der Waals surface area (Å²) in [6.07, 6.45) is 1.84. The van der Waals surface area contributed by atoms with Crippen molar-refractivity contribution in [2.24, 2.45) is 5.92 Å². The van der Waals surface area contributed by atoms with E-state index in [2.05, 4.69) is 86.3 Å². The summed E-state index contributed by atoms with van der Waals surface area (Å²) < 4.78 is 6.23. The number of rotatable bonds is 6. The highest BCUT2D eigenvalue weighted by Crippen LogP contribution is 2.43. The molecule has 2 rings (SSSR count). The Kier molecular flexibility index (Phi) is 6.31. The molecule has 1 atom stereocenters. The average Bonchev–Trinajstić information content (AvgIpc) is 2.76. The van der Waals surface area contributed by atoms with E-state index in [-0.39, 0.29) is 5.41 Å². The highest BCUT2D eigenvalue weighted by atomic mass is 28.3. The summed E-state index contributed by atoms with van der Waals surface area (Å²) in [7, 11) is -1.64. The zero-order valence-corrected chi connectivity index (χ0v) is 19.9. The van der Waals surface area contributed by atoms with Gasteiger partial charge >= 0.3 is 0 Å². The first kappa shape index (κ1) is 21.8. The molecular formula is C25H38OSi. The van der Waals surface area contributed by atoms with Crippen LogP contribution in [0.1, 0.15) is 59.6 Å². The third kappa shape index (κ3) is 4.32. The Hall–Kier alpha value is -1.54. The van der Waals surface area contributed by atoms with Gasteiger partial charge in [0.15, 0.2) is 0 Å². The Morgan fingerprint density at radius 2 is 1.74 bits per heavy atom. The third-order valence-corrected chi connectivity index (χ3v) is 9.78. The van der Waals surface area contributed by atoms with E-state index in [1.165, 1.54) is 22.3 Å². The van der Waals surface area contributed by atoms with Gasteiger partial charge in [-0.05, 0) is 54.8 Å². The molecule has 1 aromatic rings. The summed E-state index contributed by atoms with van der Waals surface area (Å²) in [6.45, 7) is 25.5. The molecular weight excluding hydrogens is 344 g/mol. The molecule has 1 aromatic carbocycles. The maximum Gasteiger partial charge on any atom is 0.126 e. The lowest BCUT2D eigenvalue weighted by Gasteiger charge is -2.32. The van der Waals surface area contributed by atoms with Gasteiger partial charge in [0.2, 0.25) is 0 Å². The fourth-order valence-electron chi connectivity index (χ4n) is 4.66. The normalized spacial score (nSPS) is 18.3. The molecule has 0 heterocycles. The summed E-state index contributed by atoms with van der Waals surface area (Å²) in [5, 5.41) is 1.72. The van der Waals surface area contributed by atoms with Crippen LogP contribution in [-0.2, 0) is 11.5 Å². The van der Waals surface area contributed by atoms with Crippen LogP contribution in [0.3, 0.4) is 0 Å². The Labute approximate surface area is 168 Å². The lowest BCUT2D eigenvalue weighted by molar-refractivity contribution is 0.348. The lowest BCUT2D eigenvalue weighted by Crippen LogP contribution is -2.36. The molecule has 0 saturated carbocycles. The molecule has 148 valence electrons. The Morgan fingerprint density at radius 3 is 2.22 bits per heavy atom. The van der Waals surface area contributed by atoms with Gasteiger partial charge in [-0.25, -0.2) is 0 Å². The van der Waals surface area contributed by atoms with Gasteiger partial charge < -0.3 is 4.74 Å². The molecule has 0 amide bonds. The maximum absolute atomic E-state index is 6.23. The van der Waals surface area contributed by atoms with Crippen molar-refractivity contribution in [3.05, 3.63) is 63.9 Å². The number of hydrogen-bond acceptors (Lipinski definition) is 1. The summed E-state index contributed by atoms with van der Waals surface area (Å²) >= 11 is 0. The molecule has 1 aliphatic rings. The molecule has 27 heavy (non-hydrogen) atoms. The molecule has 0 saturated heterocycles. The largest absolute Gasteiger partial charge is 0.489 e. The van der Waals surface area contributed by atoms with E-state index in [9.17, 15) is 0 Å². The molecule has 0 aliphatic heterocycles. The van der Waals surface area contributed by atoms with Crippen LogP contribution in [0.4, 0.5) is 0 Å². The first-order valence-corrected chi connectivity index (χ1v) is 13.4.